The van der Waals surface area contributed by atoms with E-state index in [1.54, 1.807) is 0 Å². The van der Waals surface area contributed by atoms with E-state index in [0.717, 1.165) is 37.7 Å². The van der Waals surface area contributed by atoms with E-state index in [0.29, 0.717) is 13.0 Å². The van der Waals surface area contributed by atoms with Crippen molar-refractivity contribution in [3.63, 3.8) is 0 Å². The molecule has 5 aliphatic rings. The predicted octanol–water partition coefficient (Wildman–Crippen LogP) is 5.09. The average Bonchev–Trinajstić information content (AvgIpc) is 3.63. The predicted molar refractivity (Wildman–Crippen MR) is 161 cm³/mol. The minimum atomic E-state index is -1.00. The normalized spacial score (nSPS) is 42.3. The van der Waals surface area contributed by atoms with Crippen LogP contribution in [0.4, 0.5) is 0 Å². The van der Waals surface area contributed by atoms with Crippen molar-refractivity contribution in [2.24, 2.45) is 45.8 Å². The second-order valence-electron chi connectivity index (χ2n) is 16.0. The molecule has 5 rings (SSSR count). The molecule has 0 aromatic heterocycles. The molecule has 3 N–H and O–H groups in total. The lowest BCUT2D eigenvalue weighted by molar-refractivity contribution is -0.175. The van der Waals surface area contributed by atoms with Crippen LogP contribution in [0.25, 0.3) is 0 Å². The molecular weight excluding hydrogens is 548 g/mol. The van der Waals surface area contributed by atoms with Crippen LogP contribution in [0.5, 0.6) is 0 Å². The highest BCUT2D eigenvalue weighted by Gasteiger charge is 2.65. The van der Waals surface area contributed by atoms with Gasteiger partial charge < -0.3 is 29.5 Å². The Morgan fingerprint density at radius 1 is 1.21 bits per heavy atom. The molecule has 0 aromatic carbocycles. The number of esters is 2. The summed E-state index contributed by atoms with van der Waals surface area (Å²) in [6.45, 7) is 18.0. The van der Waals surface area contributed by atoms with Crippen molar-refractivity contribution in [3.05, 3.63) is 22.8 Å². The van der Waals surface area contributed by atoms with Crippen LogP contribution in [-0.4, -0.2) is 64.1 Å². The molecule has 0 amide bonds. The van der Waals surface area contributed by atoms with Crippen LogP contribution in [-0.2, 0) is 23.8 Å². The van der Waals surface area contributed by atoms with Crippen LogP contribution >= 0.6 is 0 Å². The molecule has 8 nitrogen and oxygen atoms in total. The number of aliphatic hydroxyl groups is 3. The van der Waals surface area contributed by atoms with Gasteiger partial charge in [-0.05, 0) is 104 Å². The molecule has 43 heavy (non-hydrogen) atoms. The molecule has 2 fully saturated rings. The third-order valence-corrected chi connectivity index (χ3v) is 13.2. The van der Waals surface area contributed by atoms with Crippen LogP contribution in [0.3, 0.4) is 0 Å². The first-order valence-corrected chi connectivity index (χ1v) is 16.3. The maximum Gasteiger partial charge on any atom is 0.311 e. The summed E-state index contributed by atoms with van der Waals surface area (Å²) in [5.74, 6) is -0.653. The van der Waals surface area contributed by atoms with Gasteiger partial charge in [-0.3, -0.25) is 9.59 Å². The minimum absolute atomic E-state index is 0.0283. The Morgan fingerprint density at radius 3 is 2.42 bits per heavy atom. The van der Waals surface area contributed by atoms with E-state index >= 15 is 0 Å². The Labute approximate surface area is 257 Å². The topological polar surface area (TPSA) is 126 Å². The molecular formula is C35H54O8. The molecule has 1 aliphatic heterocycles. The Bertz CT molecular complexity index is 1200. The number of carbonyl (C=O) groups excluding carboxylic acids is 2. The molecule has 1 heterocycles. The Balaban J connectivity index is 1.54. The molecule has 4 aliphatic carbocycles. The first kappa shape index (κ1) is 32.6. The van der Waals surface area contributed by atoms with Gasteiger partial charge in [-0.25, -0.2) is 0 Å². The number of fused-ring (bicyclic) bond motifs is 4. The molecule has 1 saturated heterocycles. The van der Waals surface area contributed by atoms with Gasteiger partial charge in [0.1, 0.15) is 17.8 Å². The molecule has 0 radical (unpaired) electrons. The Morgan fingerprint density at radius 2 is 1.86 bits per heavy atom. The van der Waals surface area contributed by atoms with Gasteiger partial charge in [0.15, 0.2) is 6.79 Å². The average molecular weight is 603 g/mol. The SMILES string of the molecule is CC(=O)OC1C(O)C2=C(CCC3C2(C)CC(C(=O)OCO)C(C)C3(C)C)C2=CCC(C(C)CCC3(C(C)(C)O)CO3)C21C. The van der Waals surface area contributed by atoms with Gasteiger partial charge in [0.2, 0.25) is 0 Å². The number of hydrogen-bond acceptors (Lipinski definition) is 8. The number of rotatable bonds is 8. The molecule has 10 atom stereocenters. The van der Waals surface area contributed by atoms with Gasteiger partial charge in [-0.1, -0.05) is 47.6 Å². The highest BCUT2D eigenvalue weighted by molar-refractivity contribution is 5.73. The smallest absolute Gasteiger partial charge is 0.311 e. The fourth-order valence-corrected chi connectivity index (χ4v) is 10.4. The molecule has 242 valence electrons. The van der Waals surface area contributed by atoms with E-state index in [2.05, 4.69) is 47.6 Å². The van der Waals surface area contributed by atoms with E-state index in [9.17, 15) is 24.9 Å². The van der Waals surface area contributed by atoms with Crippen LogP contribution in [0.15, 0.2) is 22.8 Å². The Hall–Kier alpha value is -1.74. The standard InChI is InChI=1S/C35H54O8/c1-19(14-15-35(17-42-35)32(6,7)40)24-11-12-25-22-10-13-26-31(4,5)20(2)23(30(39)41-18-36)16-33(26,8)27(22)28(38)29(34(24,25)9)43-21(3)37/h12,19-20,23-24,26,28-29,36,38,40H,10-11,13-18H2,1-9H3. The summed E-state index contributed by atoms with van der Waals surface area (Å²) in [6, 6.07) is 0. The highest BCUT2D eigenvalue weighted by atomic mass is 16.6. The lowest BCUT2D eigenvalue weighted by Gasteiger charge is -2.62. The van der Waals surface area contributed by atoms with E-state index in [1.165, 1.54) is 18.1 Å². The summed E-state index contributed by atoms with van der Waals surface area (Å²) >= 11 is 0. The van der Waals surface area contributed by atoms with E-state index < -0.39 is 58.9 Å². The van der Waals surface area contributed by atoms with Crippen molar-refractivity contribution in [2.75, 3.05) is 13.4 Å². The van der Waals surface area contributed by atoms with Crippen molar-refractivity contribution in [1.29, 1.82) is 0 Å². The second kappa shape index (κ2) is 10.7. The fourth-order valence-electron chi connectivity index (χ4n) is 10.4. The number of allylic oxidation sites excluding steroid dienone is 2. The summed E-state index contributed by atoms with van der Waals surface area (Å²) in [5.41, 5.74) is 0.509. The lowest BCUT2D eigenvalue weighted by atomic mass is 9.42. The van der Waals surface area contributed by atoms with Crippen LogP contribution in [0.2, 0.25) is 0 Å². The summed E-state index contributed by atoms with van der Waals surface area (Å²) in [5, 5.41) is 32.5. The minimum Gasteiger partial charge on any atom is -0.458 e. The third-order valence-electron chi connectivity index (χ3n) is 13.2. The van der Waals surface area contributed by atoms with Gasteiger partial charge in [-0.2, -0.15) is 0 Å². The quantitative estimate of drug-likeness (QED) is 0.199. The maximum absolute atomic E-state index is 13.1. The Kier molecular flexibility index (Phi) is 8.10. The van der Waals surface area contributed by atoms with Crippen LogP contribution < -0.4 is 0 Å². The molecule has 10 unspecified atom stereocenters. The summed E-state index contributed by atoms with van der Waals surface area (Å²) in [4.78, 5) is 25.8. The van der Waals surface area contributed by atoms with E-state index in [-0.39, 0.29) is 29.1 Å². The van der Waals surface area contributed by atoms with Crippen molar-refractivity contribution in [3.8, 4) is 0 Å². The molecule has 0 bridgehead atoms. The third kappa shape index (κ3) is 4.85. The second-order valence-corrected chi connectivity index (χ2v) is 16.0. The number of aliphatic hydroxyl groups excluding tert-OH is 2. The van der Waals surface area contributed by atoms with Crippen molar-refractivity contribution in [2.45, 2.75) is 124 Å². The highest BCUT2D eigenvalue weighted by Crippen LogP contribution is 2.69. The molecule has 0 spiro atoms. The first-order chi connectivity index (χ1) is 19.9. The summed E-state index contributed by atoms with van der Waals surface area (Å²) in [6.07, 6.45) is 5.24. The zero-order chi connectivity index (χ0) is 31.9. The van der Waals surface area contributed by atoms with Crippen LogP contribution in [0, 0.1) is 45.8 Å². The van der Waals surface area contributed by atoms with E-state index in [4.69, 9.17) is 14.2 Å². The zero-order valence-corrected chi connectivity index (χ0v) is 27.7. The number of carbonyl (C=O) groups is 2. The summed E-state index contributed by atoms with van der Waals surface area (Å²) < 4.78 is 17.0. The van der Waals surface area contributed by atoms with Gasteiger partial charge in [0.25, 0.3) is 0 Å². The maximum atomic E-state index is 13.1. The van der Waals surface area contributed by atoms with Crippen molar-refractivity contribution < 1.29 is 39.1 Å². The molecule has 0 aromatic rings. The molecule has 8 heteroatoms. The van der Waals surface area contributed by atoms with Gasteiger partial charge in [0, 0.05) is 12.3 Å². The largest absolute Gasteiger partial charge is 0.458 e. The number of ether oxygens (including phenoxy) is 3. The van der Waals surface area contributed by atoms with Crippen LogP contribution in [0.1, 0.15) is 101 Å². The van der Waals surface area contributed by atoms with Gasteiger partial charge in [0.05, 0.1) is 18.1 Å². The van der Waals surface area contributed by atoms with Crippen molar-refractivity contribution in [1.82, 2.24) is 0 Å². The van der Waals surface area contributed by atoms with Gasteiger partial charge >= 0.3 is 11.9 Å². The van der Waals surface area contributed by atoms with E-state index in [1.807, 2.05) is 13.8 Å². The fraction of sp³-hybridized carbons (Fsp3) is 0.829. The summed E-state index contributed by atoms with van der Waals surface area (Å²) in [7, 11) is 0. The first-order valence-electron chi connectivity index (χ1n) is 16.3. The zero-order valence-electron chi connectivity index (χ0n) is 27.7. The lowest BCUT2D eigenvalue weighted by Crippen LogP contribution is -2.61. The van der Waals surface area contributed by atoms with Gasteiger partial charge in [-0.15, -0.1) is 0 Å². The monoisotopic (exact) mass is 602 g/mol. The number of hydrogen-bond donors (Lipinski definition) is 3. The number of epoxide rings is 1. The molecule has 1 saturated carbocycles. The van der Waals surface area contributed by atoms with Crippen molar-refractivity contribution >= 4 is 11.9 Å².